The fraction of sp³-hybridized carbons (Fsp3) is 0.429. The summed E-state index contributed by atoms with van der Waals surface area (Å²) >= 11 is 0. The van der Waals surface area contributed by atoms with E-state index in [4.69, 9.17) is 9.47 Å². The van der Waals surface area contributed by atoms with Crippen LogP contribution in [-0.2, 0) is 9.59 Å². The first-order valence-electron chi connectivity index (χ1n) is 6.63. The van der Waals surface area contributed by atoms with E-state index in [0.717, 1.165) is 0 Å². The SMILES string of the molecule is C[C@H]1Oc2ccccc2O[C@@H]1C(=O)N1CCNC(=O)C1. The highest BCUT2D eigenvalue weighted by atomic mass is 16.6. The smallest absolute Gasteiger partial charge is 0.268 e. The Bertz CT molecular complexity index is 546. The Balaban J connectivity index is 1.77. The van der Waals surface area contributed by atoms with Crippen LogP contribution in [0.15, 0.2) is 24.3 Å². The molecule has 20 heavy (non-hydrogen) atoms. The van der Waals surface area contributed by atoms with Gasteiger partial charge in [0.1, 0.15) is 6.10 Å². The monoisotopic (exact) mass is 276 g/mol. The van der Waals surface area contributed by atoms with Crippen LogP contribution in [0.4, 0.5) is 0 Å². The van der Waals surface area contributed by atoms with Crippen LogP contribution in [0.25, 0.3) is 0 Å². The van der Waals surface area contributed by atoms with Gasteiger partial charge in [-0.05, 0) is 19.1 Å². The number of carbonyl (C=O) groups excluding carboxylic acids is 2. The number of rotatable bonds is 1. The second-order valence-electron chi connectivity index (χ2n) is 4.92. The third kappa shape index (κ3) is 2.29. The van der Waals surface area contributed by atoms with Gasteiger partial charge in [-0.2, -0.15) is 0 Å². The molecule has 2 aliphatic heterocycles. The third-order valence-corrected chi connectivity index (χ3v) is 3.44. The van der Waals surface area contributed by atoms with Gasteiger partial charge >= 0.3 is 0 Å². The van der Waals surface area contributed by atoms with Gasteiger partial charge in [-0.1, -0.05) is 12.1 Å². The average molecular weight is 276 g/mol. The maximum Gasteiger partial charge on any atom is 0.268 e. The van der Waals surface area contributed by atoms with E-state index in [9.17, 15) is 9.59 Å². The Morgan fingerprint density at radius 3 is 2.70 bits per heavy atom. The fourth-order valence-electron chi connectivity index (χ4n) is 2.40. The highest BCUT2D eigenvalue weighted by Gasteiger charge is 2.37. The van der Waals surface area contributed by atoms with Crippen molar-refractivity contribution in [3.8, 4) is 11.5 Å². The topological polar surface area (TPSA) is 67.9 Å². The molecule has 0 aromatic heterocycles. The lowest BCUT2D eigenvalue weighted by atomic mass is 10.1. The average Bonchev–Trinajstić information content (AvgIpc) is 2.46. The Hall–Kier alpha value is -2.24. The van der Waals surface area contributed by atoms with Gasteiger partial charge in [0.25, 0.3) is 5.91 Å². The summed E-state index contributed by atoms with van der Waals surface area (Å²) in [6.07, 6.45) is -1.10. The zero-order chi connectivity index (χ0) is 14.1. The van der Waals surface area contributed by atoms with Crippen LogP contribution in [-0.4, -0.2) is 48.6 Å². The van der Waals surface area contributed by atoms with E-state index >= 15 is 0 Å². The zero-order valence-corrected chi connectivity index (χ0v) is 11.2. The molecule has 1 N–H and O–H groups in total. The minimum Gasteiger partial charge on any atom is -0.482 e. The van der Waals surface area contributed by atoms with Crippen molar-refractivity contribution in [1.29, 1.82) is 0 Å². The third-order valence-electron chi connectivity index (χ3n) is 3.44. The number of hydrogen-bond donors (Lipinski definition) is 1. The molecule has 1 fully saturated rings. The van der Waals surface area contributed by atoms with Gasteiger partial charge in [0.15, 0.2) is 11.5 Å². The molecule has 2 amide bonds. The number of piperazine rings is 1. The molecular formula is C14H16N2O4. The molecule has 1 aromatic rings. The number of para-hydroxylation sites is 2. The summed E-state index contributed by atoms with van der Waals surface area (Å²) in [6, 6.07) is 7.26. The van der Waals surface area contributed by atoms with E-state index in [2.05, 4.69) is 5.32 Å². The number of benzene rings is 1. The van der Waals surface area contributed by atoms with Gasteiger partial charge < -0.3 is 19.7 Å². The second-order valence-corrected chi connectivity index (χ2v) is 4.92. The minimum absolute atomic E-state index is 0.0764. The second kappa shape index (κ2) is 5.03. The molecule has 2 heterocycles. The summed E-state index contributed by atoms with van der Waals surface area (Å²) in [5, 5.41) is 2.69. The number of hydrogen-bond acceptors (Lipinski definition) is 4. The molecule has 0 aliphatic carbocycles. The molecule has 106 valence electrons. The highest BCUT2D eigenvalue weighted by Crippen LogP contribution is 2.33. The van der Waals surface area contributed by atoms with E-state index in [1.807, 2.05) is 12.1 Å². The normalized spacial score (nSPS) is 25.1. The summed E-state index contributed by atoms with van der Waals surface area (Å²) in [5.74, 6) is 0.849. The van der Waals surface area contributed by atoms with Gasteiger partial charge in [0.05, 0.1) is 6.54 Å². The molecule has 0 unspecified atom stereocenters. The fourth-order valence-corrected chi connectivity index (χ4v) is 2.40. The van der Waals surface area contributed by atoms with Crippen molar-refractivity contribution in [3.63, 3.8) is 0 Å². The first-order chi connectivity index (χ1) is 9.65. The molecule has 0 bridgehead atoms. The standard InChI is InChI=1S/C14H16N2O4/c1-9-13(14(18)16-7-6-15-12(17)8-16)20-11-5-3-2-4-10(11)19-9/h2-5,9,13H,6-8H2,1H3,(H,15,17)/t9-,13+/m1/s1. The van der Waals surface area contributed by atoms with Crippen LogP contribution in [0.2, 0.25) is 0 Å². The zero-order valence-electron chi connectivity index (χ0n) is 11.2. The van der Waals surface area contributed by atoms with Crippen molar-refractivity contribution in [2.45, 2.75) is 19.1 Å². The molecule has 2 atom stereocenters. The first-order valence-corrected chi connectivity index (χ1v) is 6.63. The molecule has 3 rings (SSSR count). The Morgan fingerprint density at radius 1 is 1.30 bits per heavy atom. The largest absolute Gasteiger partial charge is 0.482 e. The predicted octanol–water partition coefficient (Wildman–Crippen LogP) is 0.173. The van der Waals surface area contributed by atoms with Gasteiger partial charge in [-0.15, -0.1) is 0 Å². The Labute approximate surface area is 116 Å². The maximum atomic E-state index is 12.5. The molecule has 0 radical (unpaired) electrons. The van der Waals surface area contributed by atoms with Gasteiger partial charge in [-0.3, -0.25) is 9.59 Å². The Morgan fingerprint density at radius 2 is 2.00 bits per heavy atom. The summed E-state index contributed by atoms with van der Waals surface area (Å²) in [6.45, 7) is 2.84. The van der Waals surface area contributed by atoms with Crippen LogP contribution < -0.4 is 14.8 Å². The van der Waals surface area contributed by atoms with Crippen molar-refractivity contribution >= 4 is 11.8 Å². The number of nitrogens with one attached hydrogen (secondary N) is 1. The van der Waals surface area contributed by atoms with Gasteiger partial charge in [0.2, 0.25) is 12.0 Å². The van der Waals surface area contributed by atoms with Crippen LogP contribution in [0.5, 0.6) is 11.5 Å². The molecule has 6 heteroatoms. The first kappa shape index (κ1) is 12.8. The van der Waals surface area contributed by atoms with Crippen molar-refractivity contribution in [1.82, 2.24) is 10.2 Å². The summed E-state index contributed by atoms with van der Waals surface area (Å²) in [5.41, 5.74) is 0. The number of ether oxygens (including phenoxy) is 2. The molecule has 6 nitrogen and oxygen atoms in total. The van der Waals surface area contributed by atoms with Gasteiger partial charge in [-0.25, -0.2) is 0 Å². The number of fused-ring (bicyclic) bond motifs is 1. The van der Waals surface area contributed by atoms with Crippen LogP contribution in [0, 0.1) is 0 Å². The summed E-state index contributed by atoms with van der Waals surface area (Å²) < 4.78 is 11.5. The van der Waals surface area contributed by atoms with Gasteiger partial charge in [0, 0.05) is 13.1 Å². The molecule has 1 aromatic carbocycles. The number of carbonyl (C=O) groups is 2. The van der Waals surface area contributed by atoms with Crippen LogP contribution in [0.3, 0.4) is 0 Å². The van der Waals surface area contributed by atoms with E-state index in [1.54, 1.807) is 19.1 Å². The number of amides is 2. The Kier molecular flexibility index (Phi) is 3.22. The quantitative estimate of drug-likeness (QED) is 0.794. The summed E-state index contributed by atoms with van der Waals surface area (Å²) in [7, 11) is 0. The molecule has 2 aliphatic rings. The lowest BCUT2D eigenvalue weighted by Gasteiger charge is -2.35. The van der Waals surface area contributed by atoms with Crippen molar-refractivity contribution in [3.05, 3.63) is 24.3 Å². The maximum absolute atomic E-state index is 12.5. The molecule has 0 saturated carbocycles. The van der Waals surface area contributed by atoms with E-state index < -0.39 is 6.10 Å². The van der Waals surface area contributed by atoms with Crippen molar-refractivity contribution in [2.24, 2.45) is 0 Å². The van der Waals surface area contributed by atoms with Crippen molar-refractivity contribution < 1.29 is 19.1 Å². The molecule has 1 saturated heterocycles. The lowest BCUT2D eigenvalue weighted by Crippen LogP contribution is -2.56. The highest BCUT2D eigenvalue weighted by molar-refractivity contribution is 5.88. The minimum atomic E-state index is -0.712. The van der Waals surface area contributed by atoms with E-state index in [1.165, 1.54) is 4.90 Å². The van der Waals surface area contributed by atoms with Crippen LogP contribution in [0.1, 0.15) is 6.92 Å². The predicted molar refractivity (Wildman–Crippen MR) is 70.5 cm³/mol. The van der Waals surface area contributed by atoms with Crippen molar-refractivity contribution in [2.75, 3.05) is 19.6 Å². The lowest BCUT2D eigenvalue weighted by molar-refractivity contribution is -0.148. The van der Waals surface area contributed by atoms with E-state index in [0.29, 0.717) is 24.6 Å². The molecule has 0 spiro atoms. The number of nitrogens with zero attached hydrogens (tertiary/aromatic N) is 1. The van der Waals surface area contributed by atoms with Crippen LogP contribution >= 0.6 is 0 Å². The molecular weight excluding hydrogens is 260 g/mol. The van der Waals surface area contributed by atoms with E-state index in [-0.39, 0.29) is 24.5 Å². The summed E-state index contributed by atoms with van der Waals surface area (Å²) in [4.78, 5) is 25.3.